The molecule has 2 aromatic rings. The summed E-state index contributed by atoms with van der Waals surface area (Å²) >= 11 is 5.83. The second kappa shape index (κ2) is 8.17. The summed E-state index contributed by atoms with van der Waals surface area (Å²) in [6, 6.07) is 7.25. The van der Waals surface area contributed by atoms with Crippen LogP contribution in [0.2, 0.25) is 5.02 Å². The predicted octanol–water partition coefficient (Wildman–Crippen LogP) is 1.22. The molecule has 1 heterocycles. The maximum absolute atomic E-state index is 12.2. The summed E-state index contributed by atoms with van der Waals surface area (Å²) in [6.07, 6.45) is 0. The minimum atomic E-state index is -0.0295. The summed E-state index contributed by atoms with van der Waals surface area (Å²) in [4.78, 5) is 13.3. The number of hydrogen-bond acceptors (Lipinski definition) is 3. The molecule has 1 amide bonds. The van der Waals surface area contributed by atoms with Crippen LogP contribution in [-0.4, -0.2) is 42.4 Å². The van der Waals surface area contributed by atoms with E-state index in [4.69, 9.17) is 16.3 Å². The van der Waals surface area contributed by atoms with Crippen LogP contribution in [0.15, 0.2) is 24.3 Å². The smallest absolute Gasteiger partial charge is 0.279 e. The van der Waals surface area contributed by atoms with Gasteiger partial charge in [0.05, 0.1) is 24.1 Å². The van der Waals surface area contributed by atoms with Crippen LogP contribution >= 0.6 is 11.6 Å². The third-order valence-electron chi connectivity index (χ3n) is 3.85. The molecule has 130 valence electrons. The number of likely N-dealkylation sites (N-methyl/N-ethyl adjacent to an activating group) is 1. The van der Waals surface area contributed by atoms with Crippen LogP contribution in [0, 0.1) is 13.8 Å². The van der Waals surface area contributed by atoms with Crippen molar-refractivity contribution in [3.05, 3.63) is 40.7 Å². The fourth-order valence-electron chi connectivity index (χ4n) is 2.37. The fourth-order valence-corrected chi connectivity index (χ4v) is 2.50. The second-order valence-corrected chi connectivity index (χ2v) is 6.34. The number of carbonyl (C=O) groups is 1. The van der Waals surface area contributed by atoms with Crippen LogP contribution < -0.4 is 15.0 Å². The number of benzene rings is 1. The van der Waals surface area contributed by atoms with Gasteiger partial charge in [-0.25, -0.2) is 0 Å². The SMILES string of the molecule is Cc1nn(C)c(C)c1NC(=O)C[NH+](C)CCOc1ccc(Cl)cc1. The van der Waals surface area contributed by atoms with Crippen molar-refractivity contribution in [2.24, 2.45) is 7.05 Å². The van der Waals surface area contributed by atoms with Crippen molar-refractivity contribution in [2.75, 3.05) is 32.1 Å². The van der Waals surface area contributed by atoms with E-state index >= 15 is 0 Å². The largest absolute Gasteiger partial charge is 0.488 e. The predicted molar refractivity (Wildman–Crippen MR) is 94.9 cm³/mol. The fraction of sp³-hybridized carbons (Fsp3) is 0.412. The Kier molecular flexibility index (Phi) is 6.23. The molecule has 0 aliphatic heterocycles. The van der Waals surface area contributed by atoms with Crippen molar-refractivity contribution in [1.29, 1.82) is 0 Å². The first-order valence-electron chi connectivity index (χ1n) is 7.86. The molecule has 24 heavy (non-hydrogen) atoms. The van der Waals surface area contributed by atoms with E-state index in [1.807, 2.05) is 40.1 Å². The topological polar surface area (TPSA) is 60.6 Å². The number of amides is 1. The quantitative estimate of drug-likeness (QED) is 0.788. The Morgan fingerprint density at radius 1 is 1.33 bits per heavy atom. The van der Waals surface area contributed by atoms with Crippen LogP contribution in [0.4, 0.5) is 5.69 Å². The molecule has 0 spiro atoms. The molecule has 2 rings (SSSR count). The number of aromatic nitrogens is 2. The minimum absolute atomic E-state index is 0.0295. The van der Waals surface area contributed by atoms with Gasteiger partial charge in [0.15, 0.2) is 6.54 Å². The molecular weight excluding hydrogens is 328 g/mol. The Morgan fingerprint density at radius 3 is 2.58 bits per heavy atom. The van der Waals surface area contributed by atoms with E-state index in [9.17, 15) is 4.79 Å². The highest BCUT2D eigenvalue weighted by atomic mass is 35.5. The van der Waals surface area contributed by atoms with Gasteiger partial charge in [-0.3, -0.25) is 9.48 Å². The van der Waals surface area contributed by atoms with Crippen molar-refractivity contribution in [3.8, 4) is 5.75 Å². The summed E-state index contributed by atoms with van der Waals surface area (Å²) in [5.74, 6) is 0.747. The average molecular weight is 352 g/mol. The molecule has 0 radical (unpaired) electrons. The number of nitrogens with one attached hydrogen (secondary N) is 2. The lowest BCUT2D eigenvalue weighted by atomic mass is 10.3. The number of rotatable bonds is 7. The van der Waals surface area contributed by atoms with Crippen LogP contribution in [0.1, 0.15) is 11.4 Å². The van der Waals surface area contributed by atoms with Gasteiger partial charge in [0.2, 0.25) is 0 Å². The summed E-state index contributed by atoms with van der Waals surface area (Å²) in [5, 5.41) is 7.93. The highest BCUT2D eigenvalue weighted by Gasteiger charge is 2.15. The van der Waals surface area contributed by atoms with E-state index in [1.54, 1.807) is 16.8 Å². The van der Waals surface area contributed by atoms with Gasteiger partial charge in [-0.2, -0.15) is 5.10 Å². The molecule has 7 heteroatoms. The van der Waals surface area contributed by atoms with Gasteiger partial charge in [0, 0.05) is 12.1 Å². The highest BCUT2D eigenvalue weighted by Crippen LogP contribution is 2.17. The molecule has 2 N–H and O–H groups in total. The number of ether oxygens (including phenoxy) is 1. The maximum atomic E-state index is 12.2. The normalized spacial score (nSPS) is 12.0. The van der Waals surface area contributed by atoms with Crippen molar-refractivity contribution in [3.63, 3.8) is 0 Å². The Morgan fingerprint density at radius 2 is 2.00 bits per heavy atom. The summed E-state index contributed by atoms with van der Waals surface area (Å²) in [7, 11) is 3.83. The Labute approximate surface area is 147 Å². The second-order valence-electron chi connectivity index (χ2n) is 5.90. The molecule has 0 fully saturated rings. The van der Waals surface area contributed by atoms with Gasteiger partial charge in [-0.15, -0.1) is 0 Å². The zero-order valence-corrected chi connectivity index (χ0v) is 15.3. The van der Waals surface area contributed by atoms with E-state index in [-0.39, 0.29) is 5.91 Å². The molecule has 1 unspecified atom stereocenters. The van der Waals surface area contributed by atoms with Crippen molar-refractivity contribution < 1.29 is 14.4 Å². The molecule has 1 aromatic heterocycles. The van der Waals surface area contributed by atoms with Gasteiger partial charge in [-0.1, -0.05) is 11.6 Å². The molecule has 1 aromatic carbocycles. The number of nitrogens with zero attached hydrogens (tertiary/aromatic N) is 2. The Hall–Kier alpha value is -2.05. The van der Waals surface area contributed by atoms with Crippen LogP contribution in [0.5, 0.6) is 5.75 Å². The minimum Gasteiger partial charge on any atom is -0.488 e. The molecule has 6 nitrogen and oxygen atoms in total. The summed E-state index contributed by atoms with van der Waals surface area (Å²) < 4.78 is 7.41. The van der Waals surface area contributed by atoms with Crippen LogP contribution in [0.25, 0.3) is 0 Å². The van der Waals surface area contributed by atoms with E-state index in [2.05, 4.69) is 10.4 Å². The van der Waals surface area contributed by atoms with Crippen molar-refractivity contribution in [2.45, 2.75) is 13.8 Å². The van der Waals surface area contributed by atoms with Crippen LogP contribution in [-0.2, 0) is 11.8 Å². The van der Waals surface area contributed by atoms with Gasteiger partial charge >= 0.3 is 0 Å². The standard InChI is InChI=1S/C17H23ClN4O2/c1-12-17(13(2)22(4)20-12)19-16(23)11-21(3)9-10-24-15-7-5-14(18)6-8-15/h5-8H,9-11H2,1-4H3,(H,19,23)/p+1. The first-order valence-corrected chi connectivity index (χ1v) is 8.24. The number of quaternary nitrogens is 1. The van der Waals surface area contributed by atoms with Gasteiger partial charge in [0.25, 0.3) is 5.91 Å². The monoisotopic (exact) mass is 351 g/mol. The zero-order valence-electron chi connectivity index (χ0n) is 14.5. The third-order valence-corrected chi connectivity index (χ3v) is 4.10. The van der Waals surface area contributed by atoms with E-state index < -0.39 is 0 Å². The number of anilines is 1. The first kappa shape index (κ1) is 18.3. The van der Waals surface area contributed by atoms with Gasteiger partial charge in [-0.05, 0) is 38.1 Å². The summed E-state index contributed by atoms with van der Waals surface area (Å²) in [6.45, 7) is 5.45. The first-order chi connectivity index (χ1) is 11.4. The number of halogens is 1. The van der Waals surface area contributed by atoms with Gasteiger partial charge < -0.3 is 15.0 Å². The molecule has 1 atom stereocenters. The van der Waals surface area contributed by atoms with Crippen LogP contribution in [0.3, 0.4) is 0 Å². The summed E-state index contributed by atoms with van der Waals surface area (Å²) in [5.41, 5.74) is 2.57. The van der Waals surface area contributed by atoms with E-state index in [1.165, 1.54) is 0 Å². The Balaban J connectivity index is 1.76. The average Bonchev–Trinajstić information content (AvgIpc) is 2.75. The van der Waals surface area contributed by atoms with Crippen molar-refractivity contribution >= 4 is 23.2 Å². The lowest BCUT2D eigenvalue weighted by Gasteiger charge is -2.14. The molecular formula is C17H24ClN4O2+. The number of aryl methyl sites for hydroxylation is 2. The molecule has 0 aliphatic carbocycles. The van der Waals surface area contributed by atoms with Crippen molar-refractivity contribution in [1.82, 2.24) is 9.78 Å². The highest BCUT2D eigenvalue weighted by molar-refractivity contribution is 6.30. The number of hydrogen-bond donors (Lipinski definition) is 2. The lowest BCUT2D eigenvalue weighted by Crippen LogP contribution is -3.10. The molecule has 0 saturated carbocycles. The van der Waals surface area contributed by atoms with E-state index in [0.29, 0.717) is 18.2 Å². The molecule has 0 bridgehead atoms. The third kappa shape index (κ3) is 4.97. The molecule has 0 aliphatic rings. The zero-order chi connectivity index (χ0) is 17.7. The molecule has 0 saturated heterocycles. The van der Waals surface area contributed by atoms with Gasteiger partial charge in [0.1, 0.15) is 18.9 Å². The van der Waals surface area contributed by atoms with E-state index in [0.717, 1.165) is 34.3 Å². The Bertz CT molecular complexity index is 697. The lowest BCUT2D eigenvalue weighted by molar-refractivity contribution is -0.871. The number of carbonyl (C=O) groups excluding carboxylic acids is 1. The maximum Gasteiger partial charge on any atom is 0.279 e.